The third-order valence-electron chi connectivity index (χ3n) is 4.77. The summed E-state index contributed by atoms with van der Waals surface area (Å²) in [4.78, 5) is 43.0. The van der Waals surface area contributed by atoms with Crippen molar-refractivity contribution < 1.29 is 23.9 Å². The van der Waals surface area contributed by atoms with E-state index in [0.717, 1.165) is 12.8 Å². The van der Waals surface area contributed by atoms with Gasteiger partial charge in [-0.05, 0) is 25.0 Å². The van der Waals surface area contributed by atoms with Gasteiger partial charge in [0.15, 0.2) is 5.13 Å². The van der Waals surface area contributed by atoms with Gasteiger partial charge in [-0.3, -0.25) is 19.3 Å². The molecular formula is C21H26N4O5S. The number of nitrogens with zero attached hydrogens (tertiary/aromatic N) is 2. The van der Waals surface area contributed by atoms with E-state index in [1.807, 2.05) is 0 Å². The summed E-state index contributed by atoms with van der Waals surface area (Å²) < 4.78 is 10.9. The molecular weight excluding hydrogens is 420 g/mol. The number of nitrogens with one attached hydrogen (secondary N) is 2. The second-order valence-electron chi connectivity index (χ2n) is 6.98. The number of hydrogen-bond donors (Lipinski definition) is 2. The first-order valence-electron chi connectivity index (χ1n) is 10.1. The van der Waals surface area contributed by atoms with Crippen molar-refractivity contribution in [3.63, 3.8) is 0 Å². The molecule has 0 saturated carbocycles. The molecule has 0 spiro atoms. The normalized spacial score (nSPS) is 15.3. The van der Waals surface area contributed by atoms with E-state index in [0.29, 0.717) is 29.7 Å². The summed E-state index contributed by atoms with van der Waals surface area (Å²) in [6.45, 7) is 0.929. The Bertz CT molecular complexity index is 884. The number of carbonyl (C=O) groups is 3. The lowest BCUT2D eigenvalue weighted by Gasteiger charge is -2.24. The fraction of sp³-hybridized carbons (Fsp3) is 0.429. The van der Waals surface area contributed by atoms with Crippen LogP contribution in [0.15, 0.2) is 35.8 Å². The number of benzene rings is 1. The van der Waals surface area contributed by atoms with E-state index in [-0.39, 0.29) is 43.2 Å². The lowest BCUT2D eigenvalue weighted by molar-refractivity contribution is -0.125. The van der Waals surface area contributed by atoms with E-state index in [4.69, 9.17) is 9.47 Å². The highest BCUT2D eigenvalue weighted by Crippen LogP contribution is 2.28. The molecule has 9 nitrogen and oxygen atoms in total. The molecule has 0 bridgehead atoms. The standard InChI is InChI=1S/C21H26N4O5S/c1-29-17-7-3-2-6-16(17)25(14-19(27)23-13-15-5-4-11-30-15)20(28)9-8-18(26)24-21-22-10-12-31-21/h2-3,6-7,10,12,15H,4-5,8-9,11,13-14H2,1H3,(H,23,27)(H,22,24,26)/t15-/m0/s1. The van der Waals surface area contributed by atoms with Crippen molar-refractivity contribution in [3.8, 4) is 5.75 Å². The number of aromatic nitrogens is 1. The summed E-state index contributed by atoms with van der Waals surface area (Å²) in [7, 11) is 1.50. The maximum Gasteiger partial charge on any atom is 0.240 e. The maximum absolute atomic E-state index is 13.0. The first-order valence-corrected chi connectivity index (χ1v) is 11.0. The van der Waals surface area contributed by atoms with Crippen LogP contribution in [0.1, 0.15) is 25.7 Å². The van der Waals surface area contributed by atoms with Crippen LogP contribution in [0.2, 0.25) is 0 Å². The van der Waals surface area contributed by atoms with Gasteiger partial charge in [-0.15, -0.1) is 11.3 Å². The van der Waals surface area contributed by atoms with Gasteiger partial charge < -0.3 is 20.1 Å². The Kier molecular flexibility index (Phi) is 8.36. The van der Waals surface area contributed by atoms with Gasteiger partial charge in [0.2, 0.25) is 17.7 Å². The summed E-state index contributed by atoms with van der Waals surface area (Å²) >= 11 is 1.30. The minimum absolute atomic E-state index is 0.00826. The zero-order valence-electron chi connectivity index (χ0n) is 17.3. The number of para-hydroxylation sites is 2. The Morgan fingerprint density at radius 3 is 2.81 bits per heavy atom. The average Bonchev–Trinajstić information content (AvgIpc) is 3.48. The first-order chi connectivity index (χ1) is 15.1. The van der Waals surface area contributed by atoms with Crippen molar-refractivity contribution in [2.45, 2.75) is 31.8 Å². The highest BCUT2D eigenvalue weighted by molar-refractivity contribution is 7.13. The number of thiazole rings is 1. The van der Waals surface area contributed by atoms with Gasteiger partial charge in [0.1, 0.15) is 12.3 Å². The molecule has 3 rings (SSSR count). The number of carbonyl (C=O) groups excluding carboxylic acids is 3. The van der Waals surface area contributed by atoms with Crippen LogP contribution in [0.25, 0.3) is 0 Å². The third kappa shape index (κ3) is 6.76. The molecule has 1 atom stereocenters. The van der Waals surface area contributed by atoms with Gasteiger partial charge in [0, 0.05) is 37.6 Å². The van der Waals surface area contributed by atoms with Crippen molar-refractivity contribution in [3.05, 3.63) is 35.8 Å². The van der Waals surface area contributed by atoms with E-state index in [2.05, 4.69) is 15.6 Å². The molecule has 1 aliphatic heterocycles. The van der Waals surface area contributed by atoms with Gasteiger partial charge in [0.25, 0.3) is 0 Å². The molecule has 1 aromatic carbocycles. The number of ether oxygens (including phenoxy) is 2. The minimum Gasteiger partial charge on any atom is -0.495 e. The van der Waals surface area contributed by atoms with Crippen molar-refractivity contribution in [2.75, 3.05) is 37.0 Å². The Hall–Kier alpha value is -2.98. The number of anilines is 2. The summed E-state index contributed by atoms with van der Waals surface area (Å²) in [6, 6.07) is 6.97. The quantitative estimate of drug-likeness (QED) is 0.579. The minimum atomic E-state index is -0.356. The molecule has 2 aromatic rings. The van der Waals surface area contributed by atoms with Crippen molar-refractivity contribution >= 4 is 39.9 Å². The van der Waals surface area contributed by atoms with Gasteiger partial charge >= 0.3 is 0 Å². The van der Waals surface area contributed by atoms with Gasteiger partial charge in [-0.25, -0.2) is 4.98 Å². The van der Waals surface area contributed by atoms with Crippen LogP contribution in [0.5, 0.6) is 5.75 Å². The maximum atomic E-state index is 13.0. The topological polar surface area (TPSA) is 110 Å². The summed E-state index contributed by atoms with van der Waals surface area (Å²) in [5.41, 5.74) is 0.475. The first kappa shape index (κ1) is 22.7. The Balaban J connectivity index is 1.63. The average molecular weight is 447 g/mol. The van der Waals surface area contributed by atoms with Crippen LogP contribution in [0.3, 0.4) is 0 Å². The van der Waals surface area contributed by atoms with Crippen LogP contribution < -0.4 is 20.3 Å². The molecule has 1 aliphatic rings. The van der Waals surface area contributed by atoms with E-state index in [9.17, 15) is 14.4 Å². The summed E-state index contributed by atoms with van der Waals surface area (Å²) in [5.74, 6) is -0.505. The van der Waals surface area contributed by atoms with Gasteiger partial charge in [-0.2, -0.15) is 0 Å². The lowest BCUT2D eigenvalue weighted by atomic mass is 10.2. The van der Waals surface area contributed by atoms with Gasteiger partial charge in [0.05, 0.1) is 18.9 Å². The molecule has 1 saturated heterocycles. The molecule has 0 unspecified atom stereocenters. The van der Waals surface area contributed by atoms with Crippen molar-refractivity contribution in [1.82, 2.24) is 10.3 Å². The fourth-order valence-electron chi connectivity index (χ4n) is 3.22. The molecule has 2 N–H and O–H groups in total. The Labute approximate surface area is 184 Å². The monoisotopic (exact) mass is 446 g/mol. The molecule has 1 fully saturated rings. The summed E-state index contributed by atoms with van der Waals surface area (Å²) in [5, 5.41) is 7.71. The molecule has 1 aromatic heterocycles. The lowest BCUT2D eigenvalue weighted by Crippen LogP contribution is -2.43. The molecule has 10 heteroatoms. The molecule has 31 heavy (non-hydrogen) atoms. The predicted octanol–water partition coefficient (Wildman–Crippen LogP) is 2.20. The fourth-order valence-corrected chi connectivity index (χ4v) is 3.76. The van der Waals surface area contributed by atoms with Crippen LogP contribution in [-0.2, 0) is 19.1 Å². The van der Waals surface area contributed by atoms with Crippen molar-refractivity contribution in [1.29, 1.82) is 0 Å². The number of amides is 3. The highest BCUT2D eigenvalue weighted by atomic mass is 32.1. The number of rotatable bonds is 10. The second kappa shape index (κ2) is 11.4. The largest absolute Gasteiger partial charge is 0.495 e. The zero-order valence-corrected chi connectivity index (χ0v) is 18.2. The van der Waals surface area contributed by atoms with E-state index < -0.39 is 0 Å². The number of methoxy groups -OCH3 is 1. The van der Waals surface area contributed by atoms with Gasteiger partial charge in [-0.1, -0.05) is 12.1 Å². The van der Waals surface area contributed by atoms with E-state index >= 15 is 0 Å². The van der Waals surface area contributed by atoms with E-state index in [1.165, 1.54) is 23.3 Å². The van der Waals surface area contributed by atoms with Crippen molar-refractivity contribution in [2.24, 2.45) is 0 Å². The highest BCUT2D eigenvalue weighted by Gasteiger charge is 2.24. The number of hydrogen-bond acceptors (Lipinski definition) is 7. The third-order valence-corrected chi connectivity index (χ3v) is 5.46. The van der Waals surface area contributed by atoms with Crippen LogP contribution in [0.4, 0.5) is 10.8 Å². The molecule has 3 amide bonds. The molecule has 0 aliphatic carbocycles. The smallest absolute Gasteiger partial charge is 0.240 e. The Morgan fingerprint density at radius 1 is 1.26 bits per heavy atom. The van der Waals surface area contributed by atoms with Crippen LogP contribution in [-0.4, -0.2) is 55.6 Å². The SMILES string of the molecule is COc1ccccc1N(CC(=O)NC[C@@H]1CCCO1)C(=O)CCC(=O)Nc1nccs1. The molecule has 166 valence electrons. The zero-order chi connectivity index (χ0) is 22.1. The summed E-state index contributed by atoms with van der Waals surface area (Å²) in [6.07, 6.45) is 3.40. The Morgan fingerprint density at radius 2 is 2.10 bits per heavy atom. The molecule has 2 heterocycles. The molecule has 0 radical (unpaired) electrons. The predicted molar refractivity (Wildman–Crippen MR) is 117 cm³/mol. The van der Waals surface area contributed by atoms with E-state index in [1.54, 1.807) is 35.8 Å². The van der Waals surface area contributed by atoms with Crippen LogP contribution >= 0.6 is 11.3 Å². The van der Waals surface area contributed by atoms with Crippen LogP contribution in [0, 0.1) is 0 Å². The second-order valence-corrected chi connectivity index (χ2v) is 7.87.